The molecule has 0 spiro atoms. The number of allylic oxidation sites excluding steroid dienone is 1. The first-order chi connectivity index (χ1) is 9.07. The number of fused-ring (bicyclic) bond motifs is 1. The lowest BCUT2D eigenvalue weighted by Crippen LogP contribution is -2.34. The minimum absolute atomic E-state index is 0.186. The number of ether oxygens (including phenoxy) is 1. The molecule has 1 saturated heterocycles. The van der Waals surface area contributed by atoms with Crippen LogP contribution in [0.3, 0.4) is 0 Å². The zero-order chi connectivity index (χ0) is 13.5. The molecule has 0 radical (unpaired) electrons. The van der Waals surface area contributed by atoms with E-state index in [-0.39, 0.29) is 17.3 Å². The summed E-state index contributed by atoms with van der Waals surface area (Å²) in [6.07, 6.45) is 6.31. The van der Waals surface area contributed by atoms with Crippen LogP contribution in [-0.2, 0) is 9.53 Å². The Morgan fingerprint density at radius 1 is 1.42 bits per heavy atom. The van der Waals surface area contributed by atoms with E-state index in [0.717, 1.165) is 0 Å². The Morgan fingerprint density at radius 3 is 3.05 bits per heavy atom. The van der Waals surface area contributed by atoms with Crippen molar-refractivity contribution < 1.29 is 9.53 Å². The second-order valence-electron chi connectivity index (χ2n) is 5.66. The quantitative estimate of drug-likeness (QED) is 0.768. The van der Waals surface area contributed by atoms with Gasteiger partial charge in [0.2, 0.25) is 0 Å². The standard InChI is InChI=1S/C17H18O2/c1-12-4-3-5-13(8-12)9-14-11-19-17(2)7-6-15(18)10-16(14)17/h3-9,16H,10-11H2,1-2H3/b14-9-/t16-,17-/m1/s1. The Hall–Kier alpha value is -1.67. The lowest BCUT2D eigenvalue weighted by Gasteiger charge is -2.29. The lowest BCUT2D eigenvalue weighted by atomic mass is 9.78. The highest BCUT2D eigenvalue weighted by Crippen LogP contribution is 2.42. The molecule has 0 saturated carbocycles. The van der Waals surface area contributed by atoms with Crippen LogP contribution in [0.1, 0.15) is 24.5 Å². The molecule has 98 valence electrons. The number of carbonyl (C=O) groups is 1. The molecule has 1 heterocycles. The molecule has 3 rings (SSSR count). The van der Waals surface area contributed by atoms with Gasteiger partial charge in [-0.15, -0.1) is 0 Å². The van der Waals surface area contributed by atoms with Crippen LogP contribution in [-0.4, -0.2) is 18.0 Å². The number of benzene rings is 1. The highest BCUT2D eigenvalue weighted by atomic mass is 16.5. The number of rotatable bonds is 1. The van der Waals surface area contributed by atoms with Gasteiger partial charge in [0, 0.05) is 12.3 Å². The molecule has 2 atom stereocenters. The average molecular weight is 254 g/mol. The van der Waals surface area contributed by atoms with E-state index in [0.29, 0.717) is 13.0 Å². The van der Waals surface area contributed by atoms with Crippen molar-refractivity contribution in [3.63, 3.8) is 0 Å². The van der Waals surface area contributed by atoms with Gasteiger partial charge in [0.25, 0.3) is 0 Å². The van der Waals surface area contributed by atoms with E-state index in [9.17, 15) is 4.79 Å². The van der Waals surface area contributed by atoms with Gasteiger partial charge in [-0.3, -0.25) is 4.79 Å². The molecule has 0 amide bonds. The molecular formula is C17H18O2. The number of aryl methyl sites for hydroxylation is 1. The van der Waals surface area contributed by atoms with Gasteiger partial charge in [-0.05, 0) is 37.1 Å². The third-order valence-corrected chi connectivity index (χ3v) is 4.09. The summed E-state index contributed by atoms with van der Waals surface area (Å²) in [6, 6.07) is 8.39. The van der Waals surface area contributed by atoms with E-state index in [2.05, 4.69) is 44.2 Å². The molecular weight excluding hydrogens is 236 g/mol. The van der Waals surface area contributed by atoms with Crippen LogP contribution >= 0.6 is 0 Å². The first kappa shape index (κ1) is 12.4. The summed E-state index contributed by atoms with van der Waals surface area (Å²) in [5.74, 6) is 0.383. The predicted octanol–water partition coefficient (Wildman–Crippen LogP) is 3.31. The first-order valence-corrected chi connectivity index (χ1v) is 6.70. The smallest absolute Gasteiger partial charge is 0.156 e. The van der Waals surface area contributed by atoms with Crippen molar-refractivity contribution in [3.05, 3.63) is 53.1 Å². The maximum absolute atomic E-state index is 11.6. The second-order valence-corrected chi connectivity index (χ2v) is 5.66. The molecule has 2 heteroatoms. The van der Waals surface area contributed by atoms with Gasteiger partial charge in [0.05, 0.1) is 12.2 Å². The van der Waals surface area contributed by atoms with Crippen molar-refractivity contribution in [2.24, 2.45) is 5.92 Å². The van der Waals surface area contributed by atoms with E-state index in [4.69, 9.17) is 4.74 Å². The van der Waals surface area contributed by atoms with E-state index in [1.807, 2.05) is 6.08 Å². The summed E-state index contributed by atoms with van der Waals surface area (Å²) in [7, 11) is 0. The summed E-state index contributed by atoms with van der Waals surface area (Å²) in [5.41, 5.74) is 3.36. The van der Waals surface area contributed by atoms with Crippen LogP contribution in [0, 0.1) is 12.8 Å². The third-order valence-electron chi connectivity index (χ3n) is 4.09. The Balaban J connectivity index is 1.95. The summed E-state index contributed by atoms with van der Waals surface area (Å²) < 4.78 is 5.90. The number of carbonyl (C=O) groups excluding carboxylic acids is 1. The first-order valence-electron chi connectivity index (χ1n) is 6.70. The molecule has 1 fully saturated rings. The molecule has 1 aliphatic heterocycles. The lowest BCUT2D eigenvalue weighted by molar-refractivity contribution is -0.117. The monoisotopic (exact) mass is 254 g/mol. The van der Waals surface area contributed by atoms with Crippen molar-refractivity contribution in [3.8, 4) is 0 Å². The fraction of sp³-hybridized carbons (Fsp3) is 0.353. The van der Waals surface area contributed by atoms with Crippen LogP contribution in [0.5, 0.6) is 0 Å². The molecule has 1 aromatic carbocycles. The molecule has 19 heavy (non-hydrogen) atoms. The molecule has 2 aliphatic rings. The number of ketones is 1. The molecule has 1 aliphatic carbocycles. The van der Waals surface area contributed by atoms with Crippen molar-refractivity contribution in [2.45, 2.75) is 25.9 Å². The van der Waals surface area contributed by atoms with Crippen LogP contribution in [0.25, 0.3) is 6.08 Å². The van der Waals surface area contributed by atoms with Gasteiger partial charge < -0.3 is 4.74 Å². The Morgan fingerprint density at radius 2 is 2.26 bits per heavy atom. The largest absolute Gasteiger partial charge is 0.366 e. The molecule has 0 unspecified atom stereocenters. The van der Waals surface area contributed by atoms with E-state index in [1.165, 1.54) is 16.7 Å². The third kappa shape index (κ3) is 2.28. The normalized spacial score (nSPS) is 31.8. The Kier molecular flexibility index (Phi) is 2.90. The van der Waals surface area contributed by atoms with Crippen molar-refractivity contribution in [1.82, 2.24) is 0 Å². The van der Waals surface area contributed by atoms with Crippen LogP contribution < -0.4 is 0 Å². The van der Waals surface area contributed by atoms with Gasteiger partial charge in [-0.1, -0.05) is 35.9 Å². The summed E-state index contributed by atoms with van der Waals surface area (Å²) in [4.78, 5) is 11.6. The van der Waals surface area contributed by atoms with E-state index >= 15 is 0 Å². The molecule has 0 aromatic heterocycles. The van der Waals surface area contributed by atoms with E-state index < -0.39 is 0 Å². The average Bonchev–Trinajstić information content (AvgIpc) is 2.68. The highest BCUT2D eigenvalue weighted by Gasteiger charge is 2.44. The summed E-state index contributed by atoms with van der Waals surface area (Å²) in [5, 5.41) is 0. The zero-order valence-electron chi connectivity index (χ0n) is 11.3. The Bertz CT molecular complexity index is 583. The highest BCUT2D eigenvalue weighted by molar-refractivity contribution is 5.91. The maximum atomic E-state index is 11.6. The van der Waals surface area contributed by atoms with Crippen molar-refractivity contribution in [1.29, 1.82) is 0 Å². The number of hydrogen-bond donors (Lipinski definition) is 0. The van der Waals surface area contributed by atoms with Gasteiger partial charge >= 0.3 is 0 Å². The number of hydrogen-bond acceptors (Lipinski definition) is 2. The van der Waals surface area contributed by atoms with Crippen molar-refractivity contribution in [2.75, 3.05) is 6.61 Å². The molecule has 2 nitrogen and oxygen atoms in total. The molecule has 1 aromatic rings. The van der Waals surface area contributed by atoms with Gasteiger partial charge in [-0.25, -0.2) is 0 Å². The summed E-state index contributed by atoms with van der Waals surface area (Å²) >= 11 is 0. The topological polar surface area (TPSA) is 26.3 Å². The zero-order valence-corrected chi connectivity index (χ0v) is 11.3. The molecule has 0 bridgehead atoms. The van der Waals surface area contributed by atoms with Gasteiger partial charge in [0.15, 0.2) is 5.78 Å². The van der Waals surface area contributed by atoms with Gasteiger partial charge in [0.1, 0.15) is 0 Å². The van der Waals surface area contributed by atoms with Crippen LogP contribution in [0.15, 0.2) is 42.0 Å². The predicted molar refractivity (Wildman–Crippen MR) is 75.8 cm³/mol. The maximum Gasteiger partial charge on any atom is 0.156 e. The second kappa shape index (κ2) is 4.46. The molecule has 0 N–H and O–H groups in total. The fourth-order valence-corrected chi connectivity index (χ4v) is 2.95. The van der Waals surface area contributed by atoms with Crippen molar-refractivity contribution >= 4 is 11.9 Å². The Labute approximate surface area is 113 Å². The SMILES string of the molecule is Cc1cccc(/C=C2/CO[C@]3(C)C=CC(=O)C[C@H]23)c1. The summed E-state index contributed by atoms with van der Waals surface area (Å²) in [6.45, 7) is 4.77. The minimum Gasteiger partial charge on any atom is -0.366 e. The van der Waals surface area contributed by atoms with Crippen LogP contribution in [0.2, 0.25) is 0 Å². The van der Waals surface area contributed by atoms with Gasteiger partial charge in [-0.2, -0.15) is 0 Å². The fourth-order valence-electron chi connectivity index (χ4n) is 2.95. The minimum atomic E-state index is -0.302. The van der Waals surface area contributed by atoms with Crippen LogP contribution in [0.4, 0.5) is 0 Å². The van der Waals surface area contributed by atoms with E-state index in [1.54, 1.807) is 6.08 Å².